The standard InChI is InChI=1S/C24H20ClNO2/c25-21-12-10-19(11-13-21)14-15-24(17-27)18-28-23-9-5-4-8-22(23)26(24)16-20-6-2-1-3-7-20/h1-13,27H,16-18H2/t24-/m0/s1. The van der Waals surface area contributed by atoms with Gasteiger partial charge >= 0.3 is 0 Å². The highest BCUT2D eigenvalue weighted by Gasteiger charge is 2.40. The summed E-state index contributed by atoms with van der Waals surface area (Å²) in [5.74, 6) is 7.28. The van der Waals surface area contributed by atoms with Crippen molar-refractivity contribution in [3.63, 3.8) is 0 Å². The summed E-state index contributed by atoms with van der Waals surface area (Å²) < 4.78 is 5.98. The molecule has 0 amide bonds. The van der Waals surface area contributed by atoms with E-state index in [4.69, 9.17) is 16.3 Å². The summed E-state index contributed by atoms with van der Waals surface area (Å²) in [6.45, 7) is 0.764. The van der Waals surface area contributed by atoms with Gasteiger partial charge in [0, 0.05) is 17.1 Å². The number of hydrogen-bond acceptors (Lipinski definition) is 3. The molecule has 4 heteroatoms. The third-order valence-corrected chi connectivity index (χ3v) is 5.12. The van der Waals surface area contributed by atoms with Crippen LogP contribution in [0.3, 0.4) is 0 Å². The third-order valence-electron chi connectivity index (χ3n) is 4.87. The predicted molar refractivity (Wildman–Crippen MR) is 113 cm³/mol. The van der Waals surface area contributed by atoms with Gasteiger partial charge in [0.2, 0.25) is 0 Å². The first-order valence-corrected chi connectivity index (χ1v) is 9.51. The average molecular weight is 390 g/mol. The maximum Gasteiger partial charge on any atom is 0.160 e. The summed E-state index contributed by atoms with van der Waals surface area (Å²) in [4.78, 5) is 2.14. The number of nitrogens with zero attached hydrogens (tertiary/aromatic N) is 1. The van der Waals surface area contributed by atoms with E-state index >= 15 is 0 Å². The smallest absolute Gasteiger partial charge is 0.160 e. The van der Waals surface area contributed by atoms with Crippen LogP contribution in [0.15, 0.2) is 78.9 Å². The quantitative estimate of drug-likeness (QED) is 0.668. The molecule has 0 bridgehead atoms. The first kappa shape index (κ1) is 18.4. The second-order valence-corrected chi connectivity index (χ2v) is 7.21. The second kappa shape index (κ2) is 7.98. The topological polar surface area (TPSA) is 32.7 Å². The molecule has 3 aromatic carbocycles. The van der Waals surface area contributed by atoms with Crippen molar-refractivity contribution in [3.05, 3.63) is 95.0 Å². The highest BCUT2D eigenvalue weighted by atomic mass is 35.5. The van der Waals surface area contributed by atoms with Crippen molar-refractivity contribution in [1.82, 2.24) is 0 Å². The Morgan fingerprint density at radius 1 is 0.964 bits per heavy atom. The minimum atomic E-state index is -0.843. The van der Waals surface area contributed by atoms with Crippen LogP contribution in [0.4, 0.5) is 5.69 Å². The maximum absolute atomic E-state index is 10.4. The van der Waals surface area contributed by atoms with Crippen LogP contribution in [-0.2, 0) is 6.54 Å². The van der Waals surface area contributed by atoms with Gasteiger partial charge in [-0.3, -0.25) is 0 Å². The lowest BCUT2D eigenvalue weighted by molar-refractivity contribution is 0.148. The number of ether oxygens (including phenoxy) is 1. The summed E-state index contributed by atoms with van der Waals surface area (Å²) in [6.07, 6.45) is 0. The summed E-state index contributed by atoms with van der Waals surface area (Å²) in [5, 5.41) is 11.1. The molecule has 1 N–H and O–H groups in total. The molecule has 1 atom stereocenters. The van der Waals surface area contributed by atoms with Crippen LogP contribution >= 0.6 is 11.6 Å². The van der Waals surface area contributed by atoms with E-state index in [2.05, 4.69) is 28.9 Å². The Kier molecular flexibility index (Phi) is 5.25. The number of halogens is 1. The average Bonchev–Trinajstić information content (AvgIpc) is 2.75. The van der Waals surface area contributed by atoms with Gasteiger partial charge in [0.15, 0.2) is 5.54 Å². The molecule has 140 valence electrons. The van der Waals surface area contributed by atoms with Gasteiger partial charge in [-0.25, -0.2) is 0 Å². The Balaban J connectivity index is 1.76. The Bertz CT molecular complexity index is 1010. The summed E-state index contributed by atoms with van der Waals surface area (Å²) >= 11 is 5.97. The van der Waals surface area contributed by atoms with Crippen molar-refractivity contribution in [2.45, 2.75) is 12.1 Å². The van der Waals surface area contributed by atoms with Gasteiger partial charge in [-0.15, -0.1) is 0 Å². The van der Waals surface area contributed by atoms with E-state index < -0.39 is 5.54 Å². The molecular formula is C24H20ClNO2. The number of fused-ring (bicyclic) bond motifs is 1. The molecule has 0 aliphatic carbocycles. The first-order chi connectivity index (χ1) is 13.7. The van der Waals surface area contributed by atoms with Gasteiger partial charge < -0.3 is 14.7 Å². The number of para-hydroxylation sites is 2. The fourth-order valence-corrected chi connectivity index (χ4v) is 3.43. The van der Waals surface area contributed by atoms with Crippen LogP contribution in [0.2, 0.25) is 5.02 Å². The van der Waals surface area contributed by atoms with Crippen molar-refractivity contribution in [1.29, 1.82) is 0 Å². The molecule has 3 nitrogen and oxygen atoms in total. The molecular weight excluding hydrogens is 370 g/mol. The second-order valence-electron chi connectivity index (χ2n) is 6.77. The van der Waals surface area contributed by atoms with Crippen LogP contribution < -0.4 is 9.64 Å². The van der Waals surface area contributed by atoms with Gasteiger partial charge in [-0.1, -0.05) is 65.9 Å². The van der Waals surface area contributed by atoms with Crippen molar-refractivity contribution >= 4 is 17.3 Å². The van der Waals surface area contributed by atoms with Crippen LogP contribution in [0.5, 0.6) is 5.75 Å². The van der Waals surface area contributed by atoms with Crippen molar-refractivity contribution in [2.24, 2.45) is 0 Å². The lowest BCUT2D eigenvalue weighted by Gasteiger charge is -2.44. The number of aliphatic hydroxyl groups is 1. The molecule has 0 unspecified atom stereocenters. The van der Waals surface area contributed by atoms with E-state index in [1.165, 1.54) is 0 Å². The minimum absolute atomic E-state index is 0.144. The Morgan fingerprint density at radius 2 is 1.68 bits per heavy atom. The lowest BCUT2D eigenvalue weighted by atomic mass is 9.95. The lowest BCUT2D eigenvalue weighted by Crippen LogP contribution is -2.57. The van der Waals surface area contributed by atoms with Crippen molar-refractivity contribution in [2.75, 3.05) is 18.1 Å². The third kappa shape index (κ3) is 3.71. The first-order valence-electron chi connectivity index (χ1n) is 9.13. The van der Waals surface area contributed by atoms with Crippen LogP contribution in [0.1, 0.15) is 11.1 Å². The Hall–Kier alpha value is -2.93. The molecule has 0 aromatic heterocycles. The fourth-order valence-electron chi connectivity index (χ4n) is 3.31. The van der Waals surface area contributed by atoms with Crippen molar-refractivity contribution in [3.8, 4) is 17.6 Å². The van der Waals surface area contributed by atoms with Gasteiger partial charge in [0.1, 0.15) is 12.4 Å². The Morgan fingerprint density at radius 3 is 2.43 bits per heavy atom. The molecule has 0 saturated carbocycles. The summed E-state index contributed by atoms with van der Waals surface area (Å²) in [7, 11) is 0. The van der Waals surface area contributed by atoms with E-state index in [1.54, 1.807) is 0 Å². The molecule has 0 radical (unpaired) electrons. The molecule has 0 spiro atoms. The molecule has 0 saturated heterocycles. The predicted octanol–water partition coefficient (Wildman–Crippen LogP) is 4.52. The molecule has 1 aliphatic heterocycles. The fraction of sp³-hybridized carbons (Fsp3) is 0.167. The zero-order valence-corrected chi connectivity index (χ0v) is 16.1. The highest BCUT2D eigenvalue weighted by molar-refractivity contribution is 6.30. The maximum atomic E-state index is 10.4. The van der Waals surface area contributed by atoms with E-state index in [0.29, 0.717) is 11.6 Å². The number of benzene rings is 3. The minimum Gasteiger partial charge on any atom is -0.488 e. The highest BCUT2D eigenvalue weighted by Crippen LogP contribution is 2.39. The molecule has 3 aromatic rings. The number of aliphatic hydroxyl groups excluding tert-OH is 1. The number of hydrogen-bond donors (Lipinski definition) is 1. The van der Waals surface area contributed by atoms with Gasteiger partial charge in [-0.05, 0) is 42.0 Å². The largest absolute Gasteiger partial charge is 0.488 e. The zero-order chi connectivity index (χ0) is 19.4. The Labute approximate surface area is 170 Å². The molecule has 4 rings (SSSR count). The molecule has 0 fully saturated rings. The SMILES string of the molecule is OC[C@@]1(C#Cc2ccc(Cl)cc2)COc2ccccc2N1Cc1ccccc1. The van der Waals surface area contributed by atoms with Crippen molar-refractivity contribution < 1.29 is 9.84 Å². The van der Waals surface area contributed by atoms with Crippen LogP contribution in [0.25, 0.3) is 0 Å². The van der Waals surface area contributed by atoms with E-state index in [9.17, 15) is 5.11 Å². The molecule has 1 aliphatic rings. The molecule has 28 heavy (non-hydrogen) atoms. The normalized spacial score (nSPS) is 17.9. The monoisotopic (exact) mass is 389 g/mol. The van der Waals surface area contributed by atoms with E-state index in [-0.39, 0.29) is 13.2 Å². The van der Waals surface area contributed by atoms with E-state index in [1.807, 2.05) is 66.7 Å². The number of rotatable bonds is 3. The summed E-state index contributed by atoms with van der Waals surface area (Å²) in [5.41, 5.74) is 2.07. The molecule has 1 heterocycles. The van der Waals surface area contributed by atoms with Crippen LogP contribution in [0, 0.1) is 11.8 Å². The van der Waals surface area contributed by atoms with Gasteiger partial charge in [0.05, 0.1) is 12.3 Å². The van der Waals surface area contributed by atoms with E-state index in [0.717, 1.165) is 22.6 Å². The zero-order valence-electron chi connectivity index (χ0n) is 15.3. The van der Waals surface area contributed by atoms with Crippen LogP contribution in [-0.4, -0.2) is 23.9 Å². The van der Waals surface area contributed by atoms with Gasteiger partial charge in [-0.2, -0.15) is 0 Å². The summed E-state index contributed by atoms with van der Waals surface area (Å²) in [6, 6.07) is 25.4. The van der Waals surface area contributed by atoms with Gasteiger partial charge in [0.25, 0.3) is 0 Å². The number of anilines is 1.